The monoisotopic (exact) mass is 324 g/mol. The van der Waals surface area contributed by atoms with Gasteiger partial charge in [0.15, 0.2) is 0 Å². The number of nitrogen functional groups attached to an aromatic ring is 1. The van der Waals surface area contributed by atoms with Crippen LogP contribution >= 0.6 is 0 Å². The molecular weight excluding hydrogens is 307 g/mol. The zero-order valence-electron chi connectivity index (χ0n) is 12.5. The van der Waals surface area contributed by atoms with Crippen molar-refractivity contribution >= 4 is 15.8 Å². The van der Waals surface area contributed by atoms with Crippen LogP contribution in [-0.2, 0) is 10.0 Å². The maximum Gasteiger partial charge on any atom is 0.241 e. The molecule has 0 aliphatic heterocycles. The molecule has 118 valence electrons. The van der Waals surface area contributed by atoms with Gasteiger partial charge in [0.25, 0.3) is 0 Å². The number of hydrogen-bond acceptors (Lipinski definition) is 5. The average molecular weight is 324 g/mol. The third-order valence-corrected chi connectivity index (χ3v) is 4.66. The highest BCUT2D eigenvalue weighted by Crippen LogP contribution is 2.20. The van der Waals surface area contributed by atoms with Crippen molar-refractivity contribution in [3.05, 3.63) is 47.2 Å². The van der Waals surface area contributed by atoms with Gasteiger partial charge in [-0.1, -0.05) is 0 Å². The predicted octanol–water partition coefficient (Wildman–Crippen LogP) is 1.85. The van der Waals surface area contributed by atoms with Gasteiger partial charge in [0.2, 0.25) is 10.0 Å². The van der Waals surface area contributed by atoms with E-state index in [-0.39, 0.29) is 27.7 Å². The fourth-order valence-corrected chi connectivity index (χ4v) is 3.38. The molecule has 0 spiro atoms. The van der Waals surface area contributed by atoms with E-state index in [1.54, 1.807) is 6.92 Å². The van der Waals surface area contributed by atoms with E-state index in [9.17, 15) is 12.8 Å². The maximum atomic E-state index is 13.6. The van der Waals surface area contributed by atoms with E-state index in [1.165, 1.54) is 38.2 Å². The summed E-state index contributed by atoms with van der Waals surface area (Å²) >= 11 is 0. The predicted molar refractivity (Wildman–Crippen MR) is 81.1 cm³/mol. The van der Waals surface area contributed by atoms with E-state index in [1.807, 2.05) is 0 Å². The van der Waals surface area contributed by atoms with Crippen LogP contribution in [0.1, 0.15) is 29.9 Å². The molecule has 0 bridgehead atoms. The van der Waals surface area contributed by atoms with E-state index >= 15 is 0 Å². The SMILES string of the molecule is Cc1cc(S(=O)(=O)NC(C)c2nccc(N)n2)cc(C)c1F. The van der Waals surface area contributed by atoms with Crippen molar-refractivity contribution in [2.45, 2.75) is 31.7 Å². The van der Waals surface area contributed by atoms with Gasteiger partial charge in [0.05, 0.1) is 10.9 Å². The van der Waals surface area contributed by atoms with Gasteiger partial charge >= 0.3 is 0 Å². The Hall–Kier alpha value is -2.06. The first kappa shape index (κ1) is 16.3. The van der Waals surface area contributed by atoms with Gasteiger partial charge in [-0.05, 0) is 50.1 Å². The Labute approximate surface area is 128 Å². The fourth-order valence-electron chi connectivity index (χ4n) is 2.01. The molecule has 0 amide bonds. The van der Waals surface area contributed by atoms with Crippen LogP contribution in [0.15, 0.2) is 29.3 Å². The van der Waals surface area contributed by atoms with Crippen LogP contribution in [0, 0.1) is 19.7 Å². The third kappa shape index (κ3) is 3.40. The normalized spacial score (nSPS) is 13.1. The number of benzene rings is 1. The van der Waals surface area contributed by atoms with Crippen LogP contribution < -0.4 is 10.5 Å². The second kappa shape index (κ2) is 5.98. The molecule has 3 N–H and O–H groups in total. The summed E-state index contributed by atoms with van der Waals surface area (Å²) in [7, 11) is -3.82. The number of aryl methyl sites for hydroxylation is 2. The fraction of sp³-hybridized carbons (Fsp3) is 0.286. The Bertz CT molecular complexity index is 785. The number of aromatic nitrogens is 2. The molecule has 0 aliphatic rings. The van der Waals surface area contributed by atoms with E-state index in [0.717, 1.165) is 0 Å². The van der Waals surface area contributed by atoms with Crippen LogP contribution in [-0.4, -0.2) is 18.4 Å². The van der Waals surface area contributed by atoms with Gasteiger partial charge in [-0.2, -0.15) is 0 Å². The second-order valence-electron chi connectivity index (χ2n) is 5.05. The topological polar surface area (TPSA) is 98.0 Å². The highest BCUT2D eigenvalue weighted by molar-refractivity contribution is 7.89. The van der Waals surface area contributed by atoms with E-state index in [4.69, 9.17) is 5.73 Å². The third-order valence-electron chi connectivity index (χ3n) is 3.14. The van der Waals surface area contributed by atoms with Crippen LogP contribution in [0.5, 0.6) is 0 Å². The summed E-state index contributed by atoms with van der Waals surface area (Å²) in [5.41, 5.74) is 6.10. The minimum atomic E-state index is -3.82. The van der Waals surface area contributed by atoms with Gasteiger partial charge in [0, 0.05) is 6.20 Å². The lowest BCUT2D eigenvalue weighted by atomic mass is 10.1. The quantitative estimate of drug-likeness (QED) is 0.894. The summed E-state index contributed by atoms with van der Waals surface area (Å²) in [6, 6.07) is 3.42. The molecule has 8 heteroatoms. The van der Waals surface area contributed by atoms with Gasteiger partial charge in [-0.3, -0.25) is 0 Å². The molecule has 2 rings (SSSR count). The molecule has 0 radical (unpaired) electrons. The number of nitrogens with one attached hydrogen (secondary N) is 1. The smallest absolute Gasteiger partial charge is 0.241 e. The first-order chi connectivity index (χ1) is 10.2. The van der Waals surface area contributed by atoms with Crippen LogP contribution in [0.2, 0.25) is 0 Å². The van der Waals surface area contributed by atoms with Crippen LogP contribution in [0.3, 0.4) is 0 Å². The minimum Gasteiger partial charge on any atom is -0.384 e. The minimum absolute atomic E-state index is 0.000321. The second-order valence-corrected chi connectivity index (χ2v) is 6.77. The molecule has 0 saturated heterocycles. The lowest BCUT2D eigenvalue weighted by molar-refractivity contribution is 0.558. The van der Waals surface area contributed by atoms with Crippen molar-refractivity contribution in [2.24, 2.45) is 0 Å². The number of anilines is 1. The molecule has 6 nitrogen and oxygen atoms in total. The maximum absolute atomic E-state index is 13.6. The van der Waals surface area contributed by atoms with Crippen LogP contribution in [0.4, 0.5) is 10.2 Å². The summed E-state index contributed by atoms with van der Waals surface area (Å²) in [4.78, 5) is 7.97. The molecule has 0 fully saturated rings. The largest absolute Gasteiger partial charge is 0.384 e. The molecule has 0 saturated carbocycles. The Kier molecular flexibility index (Phi) is 4.43. The molecule has 0 aliphatic carbocycles. The van der Waals surface area contributed by atoms with Crippen molar-refractivity contribution in [1.82, 2.24) is 14.7 Å². The lowest BCUT2D eigenvalue weighted by Gasteiger charge is -2.14. The Morgan fingerprint density at radius 2 is 1.86 bits per heavy atom. The molecule has 1 atom stereocenters. The van der Waals surface area contributed by atoms with Gasteiger partial charge in [-0.25, -0.2) is 27.5 Å². The first-order valence-electron chi connectivity index (χ1n) is 6.58. The van der Waals surface area contributed by atoms with Crippen molar-refractivity contribution in [1.29, 1.82) is 0 Å². The molecule has 22 heavy (non-hydrogen) atoms. The van der Waals surface area contributed by atoms with Crippen LogP contribution in [0.25, 0.3) is 0 Å². The lowest BCUT2D eigenvalue weighted by Crippen LogP contribution is -2.28. The molecule has 1 unspecified atom stereocenters. The number of sulfonamides is 1. The van der Waals surface area contributed by atoms with Gasteiger partial charge in [-0.15, -0.1) is 0 Å². The first-order valence-corrected chi connectivity index (χ1v) is 8.06. The zero-order valence-corrected chi connectivity index (χ0v) is 13.3. The molecule has 1 aromatic carbocycles. The molecule has 1 heterocycles. The molecule has 1 aromatic heterocycles. The Balaban J connectivity index is 2.32. The van der Waals surface area contributed by atoms with Crippen molar-refractivity contribution in [3.8, 4) is 0 Å². The van der Waals surface area contributed by atoms with Crippen molar-refractivity contribution in [3.63, 3.8) is 0 Å². The van der Waals surface area contributed by atoms with Crippen molar-refractivity contribution < 1.29 is 12.8 Å². The van der Waals surface area contributed by atoms with E-state index in [0.29, 0.717) is 0 Å². The molecule has 2 aromatic rings. The number of rotatable bonds is 4. The summed E-state index contributed by atoms with van der Waals surface area (Å²) in [6.45, 7) is 4.65. The van der Waals surface area contributed by atoms with Gasteiger partial charge in [0.1, 0.15) is 17.5 Å². The summed E-state index contributed by atoms with van der Waals surface area (Å²) < 4.78 is 40.9. The number of nitrogens with zero attached hydrogens (tertiary/aromatic N) is 2. The number of nitrogens with two attached hydrogens (primary N) is 1. The van der Waals surface area contributed by atoms with Crippen molar-refractivity contribution in [2.75, 3.05) is 5.73 Å². The number of hydrogen-bond donors (Lipinski definition) is 2. The average Bonchev–Trinajstić information content (AvgIpc) is 2.43. The summed E-state index contributed by atoms with van der Waals surface area (Å²) in [6.07, 6.45) is 1.45. The summed E-state index contributed by atoms with van der Waals surface area (Å²) in [5, 5.41) is 0. The standard InChI is InChI=1S/C14H17FN4O2S/c1-8-6-11(7-9(2)13(8)15)22(20,21)19-10(3)14-17-5-4-12(16)18-14/h4-7,10,19H,1-3H3,(H2,16,17,18). The van der Waals surface area contributed by atoms with Gasteiger partial charge < -0.3 is 5.73 Å². The highest BCUT2D eigenvalue weighted by atomic mass is 32.2. The summed E-state index contributed by atoms with van der Waals surface area (Å²) in [5.74, 6) is 0.106. The molecular formula is C14H17FN4O2S. The highest BCUT2D eigenvalue weighted by Gasteiger charge is 2.21. The Morgan fingerprint density at radius 1 is 1.27 bits per heavy atom. The number of halogens is 1. The zero-order chi connectivity index (χ0) is 16.5. The Morgan fingerprint density at radius 3 is 2.41 bits per heavy atom. The van der Waals surface area contributed by atoms with E-state index < -0.39 is 21.9 Å². The van der Waals surface area contributed by atoms with E-state index in [2.05, 4.69) is 14.7 Å².